The molecule has 1 aliphatic carbocycles. The van der Waals surface area contributed by atoms with Crippen LogP contribution in [0.5, 0.6) is 0 Å². The van der Waals surface area contributed by atoms with Crippen molar-refractivity contribution >= 4 is 17.7 Å². The van der Waals surface area contributed by atoms with Crippen molar-refractivity contribution < 1.29 is 14.4 Å². The number of nitrogens with one attached hydrogen (secondary N) is 1. The molecule has 3 aromatic carbocycles. The summed E-state index contributed by atoms with van der Waals surface area (Å²) >= 11 is 0. The van der Waals surface area contributed by atoms with Crippen molar-refractivity contribution in [2.45, 2.75) is 56.9 Å². The summed E-state index contributed by atoms with van der Waals surface area (Å²) in [4.78, 5) is 43.6. The minimum Gasteiger partial charge on any atom is -0.355 e. The van der Waals surface area contributed by atoms with Crippen molar-refractivity contribution in [1.29, 1.82) is 0 Å². The summed E-state index contributed by atoms with van der Waals surface area (Å²) in [7, 11) is 0. The second-order valence-electron chi connectivity index (χ2n) is 11.3. The summed E-state index contributed by atoms with van der Waals surface area (Å²) in [6.07, 6.45) is 5.19. The molecule has 6 nitrogen and oxygen atoms in total. The lowest BCUT2D eigenvalue weighted by atomic mass is 9.73. The van der Waals surface area contributed by atoms with Gasteiger partial charge in [0.15, 0.2) is 0 Å². The first-order valence-corrected chi connectivity index (χ1v) is 14.7. The molecule has 0 saturated carbocycles. The van der Waals surface area contributed by atoms with E-state index in [1.807, 2.05) is 24.3 Å². The summed E-state index contributed by atoms with van der Waals surface area (Å²) in [6.45, 7) is 5.44. The fraction of sp³-hybridized carbons (Fsp3) is 0.382. The summed E-state index contributed by atoms with van der Waals surface area (Å²) < 4.78 is 0. The number of amides is 3. The molecule has 40 heavy (non-hydrogen) atoms. The fourth-order valence-corrected chi connectivity index (χ4v) is 7.01. The van der Waals surface area contributed by atoms with Crippen molar-refractivity contribution in [3.8, 4) is 11.1 Å². The Bertz CT molecular complexity index is 1360. The number of likely N-dealkylation sites (tertiary alicyclic amines) is 1. The van der Waals surface area contributed by atoms with E-state index in [2.05, 4.69) is 53.5 Å². The molecule has 2 aliphatic heterocycles. The fourth-order valence-electron chi connectivity index (χ4n) is 7.01. The van der Waals surface area contributed by atoms with Gasteiger partial charge in [0.25, 0.3) is 11.8 Å². The van der Waals surface area contributed by atoms with E-state index in [1.165, 1.54) is 16.0 Å². The zero-order chi connectivity index (χ0) is 27.7. The average molecular weight is 536 g/mol. The molecule has 0 bridgehead atoms. The molecular formula is C34H37N3O3. The minimum absolute atomic E-state index is 0.0410. The molecule has 0 spiro atoms. The highest BCUT2D eigenvalue weighted by atomic mass is 16.2. The molecule has 206 valence electrons. The molecule has 6 rings (SSSR count). The van der Waals surface area contributed by atoms with Gasteiger partial charge in [0.05, 0.1) is 11.1 Å². The monoisotopic (exact) mass is 535 g/mol. The van der Waals surface area contributed by atoms with Crippen LogP contribution < -0.4 is 5.32 Å². The Labute approximate surface area is 236 Å². The maximum absolute atomic E-state index is 13.9. The molecule has 0 unspecified atom stereocenters. The van der Waals surface area contributed by atoms with Crippen LogP contribution in [0.2, 0.25) is 0 Å². The van der Waals surface area contributed by atoms with Crippen molar-refractivity contribution in [3.63, 3.8) is 0 Å². The zero-order valence-electron chi connectivity index (χ0n) is 23.2. The number of piperidine rings is 1. The lowest BCUT2D eigenvalue weighted by molar-refractivity contribution is -0.125. The van der Waals surface area contributed by atoms with Crippen LogP contribution in [-0.2, 0) is 10.2 Å². The van der Waals surface area contributed by atoms with Gasteiger partial charge in [-0.1, -0.05) is 74.0 Å². The molecule has 0 radical (unpaired) electrons. The van der Waals surface area contributed by atoms with Crippen LogP contribution in [0, 0.1) is 0 Å². The minimum atomic E-state index is -0.666. The lowest BCUT2D eigenvalue weighted by Gasteiger charge is -2.36. The molecule has 3 amide bonds. The van der Waals surface area contributed by atoms with E-state index >= 15 is 0 Å². The number of fused-ring (bicyclic) bond motifs is 4. The maximum atomic E-state index is 13.9. The van der Waals surface area contributed by atoms with E-state index in [9.17, 15) is 14.4 Å². The number of nitrogens with zero attached hydrogens (tertiary/aromatic N) is 2. The van der Waals surface area contributed by atoms with E-state index in [0.717, 1.165) is 69.3 Å². The Kier molecular flexibility index (Phi) is 7.28. The Morgan fingerprint density at radius 3 is 1.88 bits per heavy atom. The molecule has 1 fully saturated rings. The molecule has 3 aromatic rings. The number of carbonyl (C=O) groups excluding carboxylic acids is 3. The second kappa shape index (κ2) is 11.0. The van der Waals surface area contributed by atoms with Crippen LogP contribution in [0.4, 0.5) is 0 Å². The summed E-state index contributed by atoms with van der Waals surface area (Å²) in [5.74, 6) is -0.195. The lowest BCUT2D eigenvalue weighted by Crippen LogP contribution is -2.47. The van der Waals surface area contributed by atoms with Crippen molar-refractivity contribution in [2.75, 3.05) is 26.2 Å². The average Bonchev–Trinajstić information content (AvgIpc) is 3.43. The predicted octanol–water partition coefficient (Wildman–Crippen LogP) is 5.41. The summed E-state index contributed by atoms with van der Waals surface area (Å²) in [5.41, 5.74) is 4.96. The van der Waals surface area contributed by atoms with E-state index in [4.69, 9.17) is 0 Å². The Morgan fingerprint density at radius 1 is 0.800 bits per heavy atom. The number of imide groups is 1. The topological polar surface area (TPSA) is 69.7 Å². The quantitative estimate of drug-likeness (QED) is 0.294. The first kappa shape index (κ1) is 26.5. The van der Waals surface area contributed by atoms with E-state index in [-0.39, 0.29) is 23.8 Å². The second-order valence-corrected chi connectivity index (χ2v) is 11.3. The maximum Gasteiger partial charge on any atom is 0.261 e. The first-order chi connectivity index (χ1) is 19.6. The molecular weight excluding hydrogens is 498 g/mol. The van der Waals surface area contributed by atoms with E-state index in [1.54, 1.807) is 12.1 Å². The zero-order valence-corrected chi connectivity index (χ0v) is 23.2. The van der Waals surface area contributed by atoms with Gasteiger partial charge in [-0.05, 0) is 73.0 Å². The summed E-state index contributed by atoms with van der Waals surface area (Å²) in [6, 6.07) is 23.8. The molecule has 1 N–H and O–H groups in total. The molecule has 0 aromatic heterocycles. The SMILES string of the molecule is CCCNC(=O)C1(CCCCN2CCC(N3C(=O)c4ccccc4C3=O)CC2)c2ccccc2-c2ccccc21. The van der Waals surface area contributed by atoms with Crippen LogP contribution in [0.1, 0.15) is 77.3 Å². The van der Waals surface area contributed by atoms with Gasteiger partial charge in [0, 0.05) is 25.7 Å². The molecule has 1 saturated heterocycles. The van der Waals surface area contributed by atoms with Gasteiger partial charge in [0.1, 0.15) is 5.41 Å². The van der Waals surface area contributed by atoms with Gasteiger partial charge >= 0.3 is 0 Å². The Morgan fingerprint density at radius 2 is 1.32 bits per heavy atom. The highest BCUT2D eigenvalue weighted by Gasteiger charge is 2.48. The largest absolute Gasteiger partial charge is 0.355 e. The van der Waals surface area contributed by atoms with Gasteiger partial charge < -0.3 is 10.2 Å². The third-order valence-electron chi connectivity index (χ3n) is 9.01. The standard InChI is InChI=1S/C34H37N3O3/c1-2-20-35-33(40)34(29-15-7-5-11-25(29)26-12-6-8-16-30(26)34)19-9-10-21-36-22-17-24(18-23-36)37-31(38)27-13-3-4-14-28(27)32(37)39/h3-8,11-16,24H,2,9-10,17-23H2,1H3,(H,35,40). The smallest absolute Gasteiger partial charge is 0.261 e. The van der Waals surface area contributed by atoms with Crippen LogP contribution >= 0.6 is 0 Å². The van der Waals surface area contributed by atoms with Crippen molar-refractivity contribution in [1.82, 2.24) is 15.1 Å². The number of rotatable bonds is 9. The number of benzene rings is 3. The molecule has 0 atom stereocenters. The Balaban J connectivity index is 1.10. The number of carbonyl (C=O) groups is 3. The van der Waals surface area contributed by atoms with E-state index in [0.29, 0.717) is 17.7 Å². The highest BCUT2D eigenvalue weighted by Crippen LogP contribution is 2.51. The van der Waals surface area contributed by atoms with Crippen LogP contribution in [0.15, 0.2) is 72.8 Å². The molecule has 3 aliphatic rings. The van der Waals surface area contributed by atoms with Crippen LogP contribution in [0.3, 0.4) is 0 Å². The van der Waals surface area contributed by atoms with Crippen LogP contribution in [0.25, 0.3) is 11.1 Å². The Hall–Kier alpha value is -3.77. The van der Waals surface area contributed by atoms with E-state index < -0.39 is 5.41 Å². The van der Waals surface area contributed by atoms with Gasteiger partial charge in [0.2, 0.25) is 5.91 Å². The summed E-state index contributed by atoms with van der Waals surface area (Å²) in [5, 5.41) is 3.22. The van der Waals surface area contributed by atoms with Crippen LogP contribution in [-0.4, -0.2) is 59.7 Å². The normalized spacial score (nSPS) is 18.0. The number of hydrogen-bond donors (Lipinski definition) is 1. The van der Waals surface area contributed by atoms with Crippen molar-refractivity contribution in [2.24, 2.45) is 0 Å². The predicted molar refractivity (Wildman–Crippen MR) is 156 cm³/mol. The number of hydrogen-bond acceptors (Lipinski definition) is 4. The number of unbranched alkanes of at least 4 members (excludes halogenated alkanes) is 1. The highest BCUT2D eigenvalue weighted by molar-refractivity contribution is 6.21. The third kappa shape index (κ3) is 4.35. The van der Waals surface area contributed by atoms with Crippen molar-refractivity contribution in [3.05, 3.63) is 95.1 Å². The molecule has 2 heterocycles. The third-order valence-corrected chi connectivity index (χ3v) is 9.01. The van der Waals surface area contributed by atoms with Gasteiger partial charge in [-0.3, -0.25) is 19.3 Å². The van der Waals surface area contributed by atoms with Gasteiger partial charge in [-0.15, -0.1) is 0 Å². The van der Waals surface area contributed by atoms with Gasteiger partial charge in [-0.2, -0.15) is 0 Å². The first-order valence-electron chi connectivity index (χ1n) is 14.7. The molecule has 6 heteroatoms. The van der Waals surface area contributed by atoms with Gasteiger partial charge in [-0.25, -0.2) is 0 Å².